The van der Waals surface area contributed by atoms with Crippen molar-refractivity contribution in [2.75, 3.05) is 18.9 Å². The highest BCUT2D eigenvalue weighted by atomic mass is 16.2. The Kier molecular flexibility index (Phi) is 5.44. The number of aromatic nitrogens is 1. The topological polar surface area (TPSA) is 54.3 Å². The maximum Gasteiger partial charge on any atom is 0.321 e. The number of benzene rings is 1. The molecule has 0 spiro atoms. The fraction of sp³-hybridized carbons (Fsp3) is 0.368. The number of amides is 2. The number of rotatable bonds is 4. The molecule has 128 valence electrons. The first-order chi connectivity index (χ1) is 11.2. The average Bonchev–Trinajstić information content (AvgIpc) is 2.50. The van der Waals surface area contributed by atoms with Crippen LogP contribution in [-0.2, 0) is 6.54 Å². The molecule has 2 rings (SSSR count). The van der Waals surface area contributed by atoms with Crippen LogP contribution in [0.4, 0.5) is 10.5 Å². The van der Waals surface area contributed by atoms with Gasteiger partial charge in [0, 0.05) is 31.5 Å². The van der Waals surface area contributed by atoms with Crippen LogP contribution in [0.3, 0.4) is 0 Å². The van der Waals surface area contributed by atoms with Gasteiger partial charge in [0.25, 0.3) is 5.56 Å². The van der Waals surface area contributed by atoms with Crippen molar-refractivity contribution in [3.8, 4) is 0 Å². The van der Waals surface area contributed by atoms with Crippen LogP contribution in [0, 0.1) is 5.41 Å². The first kappa shape index (κ1) is 17.8. The van der Waals surface area contributed by atoms with Crippen molar-refractivity contribution in [2.24, 2.45) is 5.41 Å². The lowest BCUT2D eigenvalue weighted by Crippen LogP contribution is -2.37. The number of hydrogen-bond acceptors (Lipinski definition) is 2. The van der Waals surface area contributed by atoms with Crippen LogP contribution in [0.15, 0.2) is 53.5 Å². The van der Waals surface area contributed by atoms with Gasteiger partial charge in [-0.2, -0.15) is 0 Å². The van der Waals surface area contributed by atoms with Crippen molar-refractivity contribution < 1.29 is 4.79 Å². The molecule has 1 N–H and O–H groups in total. The first-order valence-corrected chi connectivity index (χ1v) is 8.01. The van der Waals surface area contributed by atoms with Crippen molar-refractivity contribution in [1.82, 2.24) is 9.47 Å². The zero-order valence-corrected chi connectivity index (χ0v) is 14.7. The van der Waals surface area contributed by atoms with Gasteiger partial charge in [0.15, 0.2) is 0 Å². The quantitative estimate of drug-likeness (QED) is 0.935. The Morgan fingerprint density at radius 3 is 2.38 bits per heavy atom. The molecule has 2 aromatic rings. The van der Waals surface area contributed by atoms with Crippen molar-refractivity contribution in [2.45, 2.75) is 27.3 Å². The molecule has 1 aromatic carbocycles. The molecule has 24 heavy (non-hydrogen) atoms. The average molecular weight is 327 g/mol. The predicted octanol–water partition coefficient (Wildman–Crippen LogP) is 3.41. The number of anilines is 1. The molecular weight excluding hydrogens is 302 g/mol. The number of hydrogen-bond donors (Lipinski definition) is 1. The van der Waals surface area contributed by atoms with Gasteiger partial charge in [-0.3, -0.25) is 4.79 Å². The molecule has 0 saturated heterocycles. The van der Waals surface area contributed by atoms with Gasteiger partial charge < -0.3 is 14.8 Å². The Bertz CT molecular complexity index is 742. The van der Waals surface area contributed by atoms with Crippen molar-refractivity contribution in [3.05, 3.63) is 64.6 Å². The summed E-state index contributed by atoms with van der Waals surface area (Å²) in [4.78, 5) is 25.6. The minimum absolute atomic E-state index is 0.0290. The van der Waals surface area contributed by atoms with Gasteiger partial charge >= 0.3 is 6.03 Å². The molecule has 0 bridgehead atoms. The Balaban J connectivity index is 1.98. The lowest BCUT2D eigenvalue weighted by atomic mass is 9.96. The first-order valence-electron chi connectivity index (χ1n) is 8.01. The molecule has 0 aliphatic carbocycles. The summed E-state index contributed by atoms with van der Waals surface area (Å²) in [5, 5.41) is 2.89. The van der Waals surface area contributed by atoms with Gasteiger partial charge in [-0.05, 0) is 29.2 Å². The summed E-state index contributed by atoms with van der Waals surface area (Å²) in [6.07, 6.45) is 1.76. The Hall–Kier alpha value is -2.56. The largest absolute Gasteiger partial charge is 0.327 e. The summed E-state index contributed by atoms with van der Waals surface area (Å²) in [5.74, 6) is 0. The third kappa shape index (κ3) is 5.26. The van der Waals surface area contributed by atoms with E-state index >= 15 is 0 Å². The van der Waals surface area contributed by atoms with E-state index in [4.69, 9.17) is 0 Å². The second-order valence-electron chi connectivity index (χ2n) is 7.21. The lowest BCUT2D eigenvalue weighted by molar-refractivity contribution is 0.201. The highest BCUT2D eigenvalue weighted by Gasteiger charge is 2.17. The van der Waals surface area contributed by atoms with Crippen LogP contribution in [0.2, 0.25) is 0 Å². The van der Waals surface area contributed by atoms with Gasteiger partial charge in [0.2, 0.25) is 0 Å². The number of urea groups is 1. The van der Waals surface area contributed by atoms with E-state index in [1.54, 1.807) is 34.8 Å². The number of carbonyl (C=O) groups excluding carboxylic acids is 1. The van der Waals surface area contributed by atoms with E-state index in [0.717, 1.165) is 11.3 Å². The summed E-state index contributed by atoms with van der Waals surface area (Å²) in [6, 6.07) is 12.5. The van der Waals surface area contributed by atoms with Crippen LogP contribution < -0.4 is 10.9 Å². The highest BCUT2D eigenvalue weighted by Crippen LogP contribution is 2.16. The van der Waals surface area contributed by atoms with Crippen LogP contribution in [-0.4, -0.2) is 29.1 Å². The zero-order chi connectivity index (χ0) is 17.7. The Morgan fingerprint density at radius 2 is 1.79 bits per heavy atom. The predicted molar refractivity (Wildman–Crippen MR) is 97.3 cm³/mol. The monoisotopic (exact) mass is 327 g/mol. The summed E-state index contributed by atoms with van der Waals surface area (Å²) >= 11 is 0. The molecule has 1 heterocycles. The summed E-state index contributed by atoms with van der Waals surface area (Å²) in [7, 11) is 1.79. The summed E-state index contributed by atoms with van der Waals surface area (Å²) in [6.45, 7) is 7.47. The summed E-state index contributed by atoms with van der Waals surface area (Å²) < 4.78 is 1.64. The molecule has 5 nitrogen and oxygen atoms in total. The molecule has 5 heteroatoms. The Morgan fingerprint density at radius 1 is 1.12 bits per heavy atom. The van der Waals surface area contributed by atoms with Crippen LogP contribution in [0.25, 0.3) is 0 Å². The molecule has 0 radical (unpaired) electrons. The number of nitrogens with one attached hydrogen (secondary N) is 1. The fourth-order valence-electron chi connectivity index (χ4n) is 2.48. The molecule has 0 fully saturated rings. The van der Waals surface area contributed by atoms with E-state index in [1.165, 1.54) is 0 Å². The fourth-order valence-corrected chi connectivity index (χ4v) is 2.48. The van der Waals surface area contributed by atoms with Crippen LogP contribution in [0.5, 0.6) is 0 Å². The number of carbonyl (C=O) groups is 1. The molecule has 0 unspecified atom stereocenters. The van der Waals surface area contributed by atoms with Crippen molar-refractivity contribution in [1.29, 1.82) is 0 Å². The van der Waals surface area contributed by atoms with Gasteiger partial charge in [-0.25, -0.2) is 4.79 Å². The van der Waals surface area contributed by atoms with Gasteiger partial charge in [0.05, 0.1) is 6.54 Å². The molecule has 2 amide bonds. The van der Waals surface area contributed by atoms with E-state index in [-0.39, 0.29) is 17.0 Å². The molecule has 0 aliphatic rings. The molecule has 0 aliphatic heterocycles. The minimum Gasteiger partial charge on any atom is -0.327 e. The van der Waals surface area contributed by atoms with Crippen molar-refractivity contribution >= 4 is 11.7 Å². The maximum absolute atomic E-state index is 12.2. The second kappa shape index (κ2) is 7.34. The van der Waals surface area contributed by atoms with E-state index in [2.05, 4.69) is 26.1 Å². The third-order valence-corrected chi connectivity index (χ3v) is 3.52. The van der Waals surface area contributed by atoms with E-state index < -0.39 is 0 Å². The smallest absolute Gasteiger partial charge is 0.321 e. The number of nitrogens with zero attached hydrogens (tertiary/aromatic N) is 2. The second-order valence-corrected chi connectivity index (χ2v) is 7.21. The SMILES string of the molecule is CN(CC(C)(C)C)C(=O)Nc1ccc(Cn2ccccc2=O)cc1. The van der Waals surface area contributed by atoms with Gasteiger partial charge in [-0.15, -0.1) is 0 Å². The molecule has 1 aromatic heterocycles. The standard InChI is InChI=1S/C19H25N3O2/c1-19(2,3)14-21(4)18(24)20-16-10-8-15(9-11-16)13-22-12-6-5-7-17(22)23/h5-12H,13-14H2,1-4H3,(H,20,24). The lowest BCUT2D eigenvalue weighted by Gasteiger charge is -2.26. The molecule has 0 saturated carbocycles. The van der Waals surface area contributed by atoms with Crippen molar-refractivity contribution in [3.63, 3.8) is 0 Å². The van der Waals surface area contributed by atoms with Gasteiger partial charge in [-0.1, -0.05) is 39.0 Å². The normalized spacial score (nSPS) is 11.2. The van der Waals surface area contributed by atoms with Crippen LogP contribution in [0.1, 0.15) is 26.3 Å². The maximum atomic E-state index is 12.2. The highest BCUT2D eigenvalue weighted by molar-refractivity contribution is 5.89. The van der Waals surface area contributed by atoms with Crippen LogP contribution >= 0.6 is 0 Å². The third-order valence-electron chi connectivity index (χ3n) is 3.52. The molecule has 0 atom stereocenters. The zero-order valence-electron chi connectivity index (χ0n) is 14.7. The van der Waals surface area contributed by atoms with E-state index in [1.807, 2.05) is 30.3 Å². The summed E-state index contributed by atoms with van der Waals surface area (Å²) in [5.41, 5.74) is 1.77. The van der Waals surface area contributed by atoms with E-state index in [9.17, 15) is 9.59 Å². The van der Waals surface area contributed by atoms with E-state index in [0.29, 0.717) is 13.1 Å². The number of pyridine rings is 1. The van der Waals surface area contributed by atoms with Gasteiger partial charge in [0.1, 0.15) is 0 Å². The Labute approximate surface area is 142 Å². The minimum atomic E-state index is -0.128. The molecular formula is C19H25N3O2.